The van der Waals surface area contributed by atoms with Gasteiger partial charge in [0, 0.05) is 32.1 Å². The summed E-state index contributed by atoms with van der Waals surface area (Å²) < 4.78 is 5.45. The summed E-state index contributed by atoms with van der Waals surface area (Å²) in [6, 6.07) is 6.14. The van der Waals surface area contributed by atoms with E-state index in [1.54, 1.807) is 0 Å². The molecule has 1 aliphatic heterocycles. The zero-order valence-corrected chi connectivity index (χ0v) is 9.98. The summed E-state index contributed by atoms with van der Waals surface area (Å²) in [5, 5.41) is 8.59. The van der Waals surface area contributed by atoms with Gasteiger partial charge in [0.2, 0.25) is 0 Å². The van der Waals surface area contributed by atoms with Gasteiger partial charge in [0.05, 0.1) is 6.61 Å². The van der Waals surface area contributed by atoms with Crippen molar-refractivity contribution in [3.05, 3.63) is 23.8 Å². The molecule has 92 valence electrons. The van der Waals surface area contributed by atoms with E-state index in [1.165, 1.54) is 5.56 Å². The molecule has 1 aliphatic rings. The average molecular weight is 235 g/mol. The third-order valence-electron chi connectivity index (χ3n) is 3.00. The first-order valence-corrected chi connectivity index (χ1v) is 5.85. The summed E-state index contributed by atoms with van der Waals surface area (Å²) in [5.74, 6) is 0.244. The smallest absolute Gasteiger partial charge is 0.303 e. The van der Waals surface area contributed by atoms with Crippen molar-refractivity contribution >= 4 is 11.7 Å². The van der Waals surface area contributed by atoms with E-state index in [2.05, 4.69) is 11.0 Å². The normalized spacial score (nSPS) is 13.0. The summed E-state index contributed by atoms with van der Waals surface area (Å²) >= 11 is 0. The van der Waals surface area contributed by atoms with Crippen LogP contribution in [0.15, 0.2) is 18.2 Å². The number of carboxylic acid groups (broad SMARTS) is 1. The van der Waals surface area contributed by atoms with E-state index in [9.17, 15) is 4.79 Å². The van der Waals surface area contributed by atoms with Gasteiger partial charge in [-0.05, 0) is 30.2 Å². The Labute approximate surface area is 101 Å². The zero-order chi connectivity index (χ0) is 12.3. The van der Waals surface area contributed by atoms with Crippen LogP contribution in [0.25, 0.3) is 0 Å². The Bertz CT molecular complexity index is 417. The Morgan fingerprint density at radius 2 is 2.35 bits per heavy atom. The lowest BCUT2D eigenvalue weighted by atomic mass is 10.1. The highest BCUT2D eigenvalue weighted by atomic mass is 16.5. The Hall–Kier alpha value is -1.71. The fourth-order valence-corrected chi connectivity index (χ4v) is 2.01. The molecular weight excluding hydrogens is 218 g/mol. The average Bonchev–Trinajstić information content (AvgIpc) is 2.75. The summed E-state index contributed by atoms with van der Waals surface area (Å²) in [6.45, 7) is 1.52. The molecule has 0 aliphatic carbocycles. The lowest BCUT2D eigenvalue weighted by Gasteiger charge is -2.19. The largest absolute Gasteiger partial charge is 0.493 e. The highest BCUT2D eigenvalue weighted by Gasteiger charge is 2.13. The van der Waals surface area contributed by atoms with E-state index < -0.39 is 5.97 Å². The van der Waals surface area contributed by atoms with Gasteiger partial charge in [0.15, 0.2) is 0 Å². The van der Waals surface area contributed by atoms with Crippen LogP contribution in [0.2, 0.25) is 0 Å². The van der Waals surface area contributed by atoms with Crippen molar-refractivity contribution in [2.24, 2.45) is 0 Å². The van der Waals surface area contributed by atoms with Crippen molar-refractivity contribution < 1.29 is 14.6 Å². The topological polar surface area (TPSA) is 49.8 Å². The van der Waals surface area contributed by atoms with Gasteiger partial charge in [-0.15, -0.1) is 0 Å². The number of nitrogens with zero attached hydrogens (tertiary/aromatic N) is 1. The molecule has 0 amide bonds. The number of aliphatic carboxylic acids is 1. The second kappa shape index (κ2) is 5.08. The molecular formula is C13H17NO3. The fraction of sp³-hybridized carbons (Fsp3) is 0.462. The number of ether oxygens (including phenoxy) is 1. The van der Waals surface area contributed by atoms with Crippen molar-refractivity contribution in [3.8, 4) is 5.75 Å². The quantitative estimate of drug-likeness (QED) is 0.847. The third-order valence-corrected chi connectivity index (χ3v) is 3.00. The molecule has 0 spiro atoms. The van der Waals surface area contributed by atoms with Crippen molar-refractivity contribution in [2.75, 3.05) is 25.1 Å². The SMILES string of the molecule is CN(CCCC(=O)O)c1ccc2c(c1)CCO2. The first-order chi connectivity index (χ1) is 8.16. The van der Waals surface area contributed by atoms with E-state index in [-0.39, 0.29) is 6.42 Å². The first kappa shape index (κ1) is 11.8. The summed E-state index contributed by atoms with van der Waals surface area (Å²) in [6.07, 6.45) is 1.85. The molecule has 1 aromatic rings. The standard InChI is InChI=1S/C13H17NO3/c1-14(7-2-3-13(15)16)11-4-5-12-10(9-11)6-8-17-12/h4-5,9H,2-3,6-8H2,1H3,(H,15,16). The Balaban J connectivity index is 1.95. The van der Waals surface area contributed by atoms with Gasteiger partial charge in [0.1, 0.15) is 5.75 Å². The summed E-state index contributed by atoms with van der Waals surface area (Å²) in [4.78, 5) is 12.5. The number of fused-ring (bicyclic) bond motifs is 1. The molecule has 1 heterocycles. The molecule has 0 radical (unpaired) electrons. The minimum absolute atomic E-state index is 0.221. The monoisotopic (exact) mass is 235 g/mol. The molecule has 17 heavy (non-hydrogen) atoms. The predicted molar refractivity (Wildman–Crippen MR) is 65.8 cm³/mol. The van der Waals surface area contributed by atoms with Gasteiger partial charge < -0.3 is 14.7 Å². The maximum atomic E-state index is 10.4. The predicted octanol–water partition coefficient (Wildman–Crippen LogP) is 1.92. The number of anilines is 1. The van der Waals surface area contributed by atoms with Gasteiger partial charge in [-0.1, -0.05) is 0 Å². The lowest BCUT2D eigenvalue weighted by molar-refractivity contribution is -0.137. The number of hydrogen-bond donors (Lipinski definition) is 1. The van der Waals surface area contributed by atoms with Crippen molar-refractivity contribution in [2.45, 2.75) is 19.3 Å². The van der Waals surface area contributed by atoms with E-state index in [1.807, 2.05) is 19.2 Å². The molecule has 0 bridgehead atoms. The second-order valence-electron chi connectivity index (χ2n) is 4.31. The first-order valence-electron chi connectivity index (χ1n) is 5.85. The fourth-order valence-electron chi connectivity index (χ4n) is 2.01. The second-order valence-corrected chi connectivity index (χ2v) is 4.31. The Kier molecular flexibility index (Phi) is 3.52. The Morgan fingerprint density at radius 1 is 1.53 bits per heavy atom. The van der Waals surface area contributed by atoms with Crippen LogP contribution in [0.3, 0.4) is 0 Å². The number of carboxylic acids is 1. The lowest BCUT2D eigenvalue weighted by Crippen LogP contribution is -2.19. The van der Waals surface area contributed by atoms with Gasteiger partial charge in [-0.2, -0.15) is 0 Å². The molecule has 0 fully saturated rings. The molecule has 4 heteroatoms. The minimum atomic E-state index is -0.735. The van der Waals surface area contributed by atoms with Crippen LogP contribution in [-0.2, 0) is 11.2 Å². The van der Waals surface area contributed by atoms with Crippen molar-refractivity contribution in [1.29, 1.82) is 0 Å². The molecule has 1 aromatic carbocycles. The number of benzene rings is 1. The van der Waals surface area contributed by atoms with Crippen molar-refractivity contribution in [1.82, 2.24) is 0 Å². The maximum Gasteiger partial charge on any atom is 0.303 e. The van der Waals surface area contributed by atoms with Crippen LogP contribution in [0, 0.1) is 0 Å². The third kappa shape index (κ3) is 2.90. The highest BCUT2D eigenvalue weighted by molar-refractivity contribution is 5.66. The van der Waals surface area contributed by atoms with Gasteiger partial charge in [0.25, 0.3) is 0 Å². The van der Waals surface area contributed by atoms with E-state index >= 15 is 0 Å². The van der Waals surface area contributed by atoms with Crippen LogP contribution < -0.4 is 9.64 Å². The zero-order valence-electron chi connectivity index (χ0n) is 9.98. The number of rotatable bonds is 5. The molecule has 2 rings (SSSR count). The van der Waals surface area contributed by atoms with Gasteiger partial charge in [-0.3, -0.25) is 4.79 Å². The van der Waals surface area contributed by atoms with E-state index in [4.69, 9.17) is 9.84 Å². The van der Waals surface area contributed by atoms with E-state index in [0.717, 1.165) is 31.0 Å². The molecule has 1 N–H and O–H groups in total. The van der Waals surface area contributed by atoms with Crippen molar-refractivity contribution in [3.63, 3.8) is 0 Å². The molecule has 0 aromatic heterocycles. The molecule has 0 saturated carbocycles. The van der Waals surface area contributed by atoms with Crippen LogP contribution >= 0.6 is 0 Å². The van der Waals surface area contributed by atoms with Gasteiger partial charge >= 0.3 is 5.97 Å². The highest BCUT2D eigenvalue weighted by Crippen LogP contribution is 2.29. The van der Waals surface area contributed by atoms with E-state index in [0.29, 0.717) is 6.42 Å². The van der Waals surface area contributed by atoms with Crippen LogP contribution in [0.5, 0.6) is 5.75 Å². The molecule has 0 unspecified atom stereocenters. The van der Waals surface area contributed by atoms with Crippen LogP contribution in [0.1, 0.15) is 18.4 Å². The summed E-state index contributed by atoms with van der Waals surface area (Å²) in [5.41, 5.74) is 2.37. The molecule has 4 nitrogen and oxygen atoms in total. The number of carbonyl (C=O) groups is 1. The Morgan fingerprint density at radius 3 is 3.12 bits per heavy atom. The molecule has 0 atom stereocenters. The molecule has 0 saturated heterocycles. The summed E-state index contributed by atoms with van der Waals surface area (Å²) in [7, 11) is 1.99. The van der Waals surface area contributed by atoms with Gasteiger partial charge in [-0.25, -0.2) is 0 Å². The number of hydrogen-bond acceptors (Lipinski definition) is 3. The maximum absolute atomic E-state index is 10.4. The van der Waals surface area contributed by atoms with Crippen LogP contribution in [-0.4, -0.2) is 31.3 Å². The minimum Gasteiger partial charge on any atom is -0.493 e. The van der Waals surface area contributed by atoms with Crippen LogP contribution in [0.4, 0.5) is 5.69 Å².